The van der Waals surface area contributed by atoms with E-state index in [4.69, 9.17) is 4.74 Å². The van der Waals surface area contributed by atoms with E-state index in [0.717, 1.165) is 37.7 Å². The van der Waals surface area contributed by atoms with Crippen LogP contribution >= 0.6 is 11.3 Å². The van der Waals surface area contributed by atoms with Crippen molar-refractivity contribution in [3.05, 3.63) is 63.5 Å². The van der Waals surface area contributed by atoms with Crippen LogP contribution in [0.5, 0.6) is 5.75 Å². The van der Waals surface area contributed by atoms with E-state index in [1.54, 1.807) is 19.5 Å². The highest BCUT2D eigenvalue weighted by Crippen LogP contribution is 2.37. The lowest BCUT2D eigenvalue weighted by Crippen LogP contribution is -2.09. The fourth-order valence-corrected chi connectivity index (χ4v) is 4.19. The smallest absolute Gasteiger partial charge is 0.260 e. The number of hydrogen-bond donors (Lipinski definition) is 1. The molecular weight excluding hydrogens is 346 g/mol. The topological polar surface area (TPSA) is 67.9 Å². The van der Waals surface area contributed by atoms with E-state index in [2.05, 4.69) is 15.0 Å². The Morgan fingerprint density at radius 2 is 2.00 bits per heavy atom. The van der Waals surface area contributed by atoms with Crippen molar-refractivity contribution in [2.24, 2.45) is 0 Å². The van der Waals surface area contributed by atoms with Crippen LogP contribution in [0.25, 0.3) is 32.7 Å². The lowest BCUT2D eigenvalue weighted by Gasteiger charge is -2.08. The standard InChI is InChI=1S/C20H17N3O2S/c1-11-9-13(6-7-15(11)25-3)16-12(2)26-20-17(16)19(24)22-18(23-20)14-5-4-8-21-10-14/h4-10H,1-3H3,(H,22,23,24). The van der Waals surface area contributed by atoms with Crippen LogP contribution in [0, 0.1) is 13.8 Å². The van der Waals surface area contributed by atoms with Gasteiger partial charge in [-0.15, -0.1) is 11.3 Å². The molecule has 0 bridgehead atoms. The zero-order valence-corrected chi connectivity index (χ0v) is 15.5. The molecular formula is C20H17N3O2S. The monoisotopic (exact) mass is 363 g/mol. The van der Waals surface area contributed by atoms with Gasteiger partial charge < -0.3 is 9.72 Å². The van der Waals surface area contributed by atoms with Crippen molar-refractivity contribution in [3.8, 4) is 28.3 Å². The van der Waals surface area contributed by atoms with Gasteiger partial charge in [-0.05, 0) is 49.2 Å². The number of hydrogen-bond acceptors (Lipinski definition) is 5. The third kappa shape index (κ3) is 2.68. The summed E-state index contributed by atoms with van der Waals surface area (Å²) in [6, 6.07) is 9.66. The summed E-state index contributed by atoms with van der Waals surface area (Å²) in [4.78, 5) is 26.3. The fourth-order valence-electron chi connectivity index (χ4n) is 3.14. The van der Waals surface area contributed by atoms with Gasteiger partial charge in [0, 0.05) is 28.4 Å². The minimum Gasteiger partial charge on any atom is -0.496 e. The molecule has 3 heterocycles. The highest BCUT2D eigenvalue weighted by atomic mass is 32.1. The van der Waals surface area contributed by atoms with Gasteiger partial charge in [-0.2, -0.15) is 0 Å². The Bertz CT molecular complexity index is 1160. The predicted molar refractivity (Wildman–Crippen MR) is 105 cm³/mol. The molecule has 0 saturated heterocycles. The van der Waals surface area contributed by atoms with Crippen LogP contribution in [0.4, 0.5) is 0 Å². The first kappa shape index (κ1) is 16.5. The summed E-state index contributed by atoms with van der Waals surface area (Å²) in [5.74, 6) is 1.37. The molecule has 3 aromatic heterocycles. The van der Waals surface area contributed by atoms with Crippen LogP contribution < -0.4 is 10.3 Å². The average molecular weight is 363 g/mol. The predicted octanol–water partition coefficient (Wildman–Crippen LogP) is 4.34. The van der Waals surface area contributed by atoms with Crippen LogP contribution in [0.15, 0.2) is 47.5 Å². The molecule has 0 saturated carbocycles. The van der Waals surface area contributed by atoms with Gasteiger partial charge >= 0.3 is 0 Å². The van der Waals surface area contributed by atoms with Crippen molar-refractivity contribution in [3.63, 3.8) is 0 Å². The molecule has 6 heteroatoms. The number of pyridine rings is 1. The number of aromatic nitrogens is 3. The van der Waals surface area contributed by atoms with E-state index in [1.165, 1.54) is 11.3 Å². The van der Waals surface area contributed by atoms with Crippen LogP contribution in [-0.4, -0.2) is 22.1 Å². The first-order chi connectivity index (χ1) is 12.6. The fraction of sp³-hybridized carbons (Fsp3) is 0.150. The van der Waals surface area contributed by atoms with Crippen molar-refractivity contribution < 1.29 is 4.74 Å². The van der Waals surface area contributed by atoms with Crippen LogP contribution in [0.2, 0.25) is 0 Å². The summed E-state index contributed by atoms with van der Waals surface area (Å²) in [5.41, 5.74) is 3.61. The van der Waals surface area contributed by atoms with E-state index in [0.29, 0.717) is 11.2 Å². The maximum atomic E-state index is 12.9. The normalized spacial score (nSPS) is 11.0. The van der Waals surface area contributed by atoms with Gasteiger partial charge in [0.05, 0.1) is 12.5 Å². The molecule has 4 rings (SSSR count). The molecule has 0 atom stereocenters. The molecule has 26 heavy (non-hydrogen) atoms. The number of nitrogens with one attached hydrogen (secondary N) is 1. The number of nitrogens with zero attached hydrogens (tertiary/aromatic N) is 2. The summed E-state index contributed by atoms with van der Waals surface area (Å²) in [6.45, 7) is 4.01. The van der Waals surface area contributed by atoms with Crippen LogP contribution in [0.3, 0.4) is 0 Å². The molecule has 0 aliphatic heterocycles. The Morgan fingerprint density at radius 3 is 2.69 bits per heavy atom. The summed E-state index contributed by atoms with van der Waals surface area (Å²) in [5, 5.41) is 0.629. The Labute approximate surface area is 154 Å². The number of thiophene rings is 1. The molecule has 0 aliphatic carbocycles. The van der Waals surface area contributed by atoms with E-state index in [9.17, 15) is 4.79 Å². The van der Waals surface area contributed by atoms with E-state index >= 15 is 0 Å². The van der Waals surface area contributed by atoms with Gasteiger partial charge in [-0.1, -0.05) is 6.07 Å². The summed E-state index contributed by atoms with van der Waals surface area (Å²) in [7, 11) is 1.65. The SMILES string of the molecule is COc1ccc(-c2c(C)sc3nc(-c4cccnc4)[nH]c(=O)c23)cc1C. The van der Waals surface area contributed by atoms with Gasteiger partial charge in [0.2, 0.25) is 0 Å². The first-order valence-electron chi connectivity index (χ1n) is 8.17. The highest BCUT2D eigenvalue weighted by molar-refractivity contribution is 7.19. The largest absolute Gasteiger partial charge is 0.496 e. The number of aryl methyl sites for hydroxylation is 2. The van der Waals surface area contributed by atoms with Crippen LogP contribution in [-0.2, 0) is 0 Å². The minimum atomic E-state index is -0.137. The molecule has 0 amide bonds. The molecule has 0 unspecified atom stereocenters. The molecule has 130 valence electrons. The molecule has 1 aromatic carbocycles. The van der Waals surface area contributed by atoms with Gasteiger partial charge in [0.15, 0.2) is 0 Å². The van der Waals surface area contributed by atoms with Crippen molar-refractivity contribution in [2.75, 3.05) is 7.11 Å². The Morgan fingerprint density at radius 1 is 1.15 bits per heavy atom. The van der Waals surface area contributed by atoms with E-state index in [1.807, 2.05) is 44.2 Å². The third-order valence-corrected chi connectivity index (χ3v) is 5.36. The Kier molecular flexibility index (Phi) is 4.05. The molecule has 4 aromatic rings. The van der Waals surface area contributed by atoms with Crippen molar-refractivity contribution in [1.82, 2.24) is 15.0 Å². The number of H-pyrrole nitrogens is 1. The quantitative estimate of drug-likeness (QED) is 0.588. The second-order valence-electron chi connectivity index (χ2n) is 6.05. The average Bonchev–Trinajstić information content (AvgIpc) is 2.98. The number of methoxy groups -OCH3 is 1. The molecule has 5 nitrogen and oxygen atoms in total. The second kappa shape index (κ2) is 6.38. The van der Waals surface area contributed by atoms with Crippen molar-refractivity contribution >= 4 is 21.6 Å². The maximum absolute atomic E-state index is 12.9. The summed E-state index contributed by atoms with van der Waals surface area (Å²) >= 11 is 1.53. The maximum Gasteiger partial charge on any atom is 0.260 e. The van der Waals surface area contributed by atoms with Crippen molar-refractivity contribution in [1.29, 1.82) is 0 Å². The molecule has 0 fully saturated rings. The van der Waals surface area contributed by atoms with E-state index < -0.39 is 0 Å². The van der Waals surface area contributed by atoms with Crippen molar-refractivity contribution in [2.45, 2.75) is 13.8 Å². The number of benzene rings is 1. The van der Waals surface area contributed by atoms with Gasteiger partial charge in [0.1, 0.15) is 16.4 Å². The second-order valence-corrected chi connectivity index (χ2v) is 7.26. The number of rotatable bonds is 3. The first-order valence-corrected chi connectivity index (χ1v) is 8.99. The Balaban J connectivity index is 1.94. The number of ether oxygens (including phenoxy) is 1. The zero-order chi connectivity index (χ0) is 18.3. The highest BCUT2D eigenvalue weighted by Gasteiger charge is 2.17. The minimum absolute atomic E-state index is 0.137. The van der Waals surface area contributed by atoms with E-state index in [-0.39, 0.29) is 5.56 Å². The van der Waals surface area contributed by atoms with Gasteiger partial charge in [0.25, 0.3) is 5.56 Å². The summed E-state index contributed by atoms with van der Waals surface area (Å²) < 4.78 is 5.34. The molecule has 1 N–H and O–H groups in total. The van der Waals surface area contributed by atoms with Gasteiger partial charge in [-0.3, -0.25) is 9.78 Å². The molecule has 0 spiro atoms. The van der Waals surface area contributed by atoms with Crippen LogP contribution in [0.1, 0.15) is 10.4 Å². The molecule has 0 aliphatic rings. The zero-order valence-electron chi connectivity index (χ0n) is 14.7. The molecule has 0 radical (unpaired) electrons. The third-order valence-electron chi connectivity index (χ3n) is 4.36. The summed E-state index contributed by atoms with van der Waals surface area (Å²) in [6.07, 6.45) is 3.39. The van der Waals surface area contributed by atoms with Gasteiger partial charge in [-0.25, -0.2) is 4.98 Å². The lowest BCUT2D eigenvalue weighted by atomic mass is 10.0. The lowest BCUT2D eigenvalue weighted by molar-refractivity contribution is 0.412. The number of aromatic amines is 1. The number of fused-ring (bicyclic) bond motifs is 1. The Hall–Kier alpha value is -2.99.